The van der Waals surface area contributed by atoms with E-state index in [0.29, 0.717) is 12.8 Å². The van der Waals surface area contributed by atoms with Gasteiger partial charge in [-0.3, -0.25) is 4.79 Å². The number of esters is 1. The first-order valence-corrected chi connectivity index (χ1v) is 12.3. The molecule has 4 rings (SSSR count). The van der Waals surface area contributed by atoms with E-state index in [4.69, 9.17) is 4.74 Å². The standard InChI is InChI=1S/C28H26O2P/c1-30-28(29)22-21-23-13-11-12-20-27(23)31(24-14-5-2-6-15-24,25-16-7-3-8-17-25)26-18-9-4-10-19-26/h2-20H,21-22H2,1H3/q+1. The van der Waals surface area contributed by atoms with Crippen LogP contribution in [0.1, 0.15) is 12.0 Å². The van der Waals surface area contributed by atoms with Gasteiger partial charge in [-0.05, 0) is 54.4 Å². The fourth-order valence-electron chi connectivity index (χ4n) is 4.21. The summed E-state index contributed by atoms with van der Waals surface area (Å²) in [5.41, 5.74) is 1.19. The first kappa shape index (κ1) is 21.0. The zero-order chi connectivity index (χ0) is 21.5. The van der Waals surface area contributed by atoms with Gasteiger partial charge in [0, 0.05) is 6.42 Å². The van der Waals surface area contributed by atoms with E-state index in [9.17, 15) is 4.79 Å². The molecule has 0 unspecified atom stereocenters. The summed E-state index contributed by atoms with van der Waals surface area (Å²) in [5, 5.41) is 5.20. The predicted molar refractivity (Wildman–Crippen MR) is 132 cm³/mol. The van der Waals surface area contributed by atoms with Crippen molar-refractivity contribution < 1.29 is 9.53 Å². The fraction of sp³-hybridized carbons (Fsp3) is 0.107. The summed E-state index contributed by atoms with van der Waals surface area (Å²) in [5.74, 6) is -0.183. The highest BCUT2D eigenvalue weighted by Crippen LogP contribution is 2.54. The van der Waals surface area contributed by atoms with Gasteiger partial charge < -0.3 is 4.74 Å². The highest BCUT2D eigenvalue weighted by molar-refractivity contribution is 8.01. The molecule has 31 heavy (non-hydrogen) atoms. The van der Waals surface area contributed by atoms with Crippen LogP contribution in [-0.2, 0) is 16.0 Å². The third kappa shape index (κ3) is 4.17. The van der Waals surface area contributed by atoms with Gasteiger partial charge in [0.1, 0.15) is 28.5 Å². The lowest BCUT2D eigenvalue weighted by atomic mass is 10.1. The van der Waals surface area contributed by atoms with Crippen molar-refractivity contribution >= 4 is 34.4 Å². The van der Waals surface area contributed by atoms with E-state index in [1.807, 2.05) is 0 Å². The van der Waals surface area contributed by atoms with Crippen molar-refractivity contribution in [2.24, 2.45) is 0 Å². The number of hydrogen-bond donors (Lipinski definition) is 0. The lowest BCUT2D eigenvalue weighted by molar-refractivity contribution is -0.140. The van der Waals surface area contributed by atoms with Crippen molar-refractivity contribution in [3.8, 4) is 0 Å². The molecule has 0 aliphatic heterocycles. The van der Waals surface area contributed by atoms with E-state index in [-0.39, 0.29) is 5.97 Å². The van der Waals surface area contributed by atoms with Gasteiger partial charge in [0.05, 0.1) is 7.11 Å². The Morgan fingerprint density at radius 3 is 1.52 bits per heavy atom. The van der Waals surface area contributed by atoms with Crippen LogP contribution < -0.4 is 21.2 Å². The number of hydrogen-bond acceptors (Lipinski definition) is 2. The first-order valence-electron chi connectivity index (χ1n) is 10.5. The van der Waals surface area contributed by atoms with Gasteiger partial charge in [0.2, 0.25) is 0 Å². The maximum absolute atomic E-state index is 11.9. The van der Waals surface area contributed by atoms with E-state index in [1.165, 1.54) is 33.9 Å². The number of rotatable bonds is 7. The second-order valence-corrected chi connectivity index (χ2v) is 10.8. The van der Waals surface area contributed by atoms with Crippen LogP contribution in [-0.4, -0.2) is 13.1 Å². The maximum atomic E-state index is 11.9. The van der Waals surface area contributed by atoms with Gasteiger partial charge in [-0.2, -0.15) is 0 Å². The molecule has 0 heterocycles. The van der Waals surface area contributed by atoms with Crippen molar-refractivity contribution in [3.63, 3.8) is 0 Å². The van der Waals surface area contributed by atoms with Crippen molar-refractivity contribution in [1.82, 2.24) is 0 Å². The van der Waals surface area contributed by atoms with Crippen LogP contribution in [0.25, 0.3) is 0 Å². The topological polar surface area (TPSA) is 26.3 Å². The molecule has 2 nitrogen and oxygen atoms in total. The fourth-order valence-corrected chi connectivity index (χ4v) is 8.72. The minimum absolute atomic E-state index is 0.183. The second kappa shape index (κ2) is 9.73. The summed E-state index contributed by atoms with van der Waals surface area (Å²) in [6, 6.07) is 40.9. The van der Waals surface area contributed by atoms with Crippen LogP contribution in [0.5, 0.6) is 0 Å². The number of benzene rings is 4. The lowest BCUT2D eigenvalue weighted by Gasteiger charge is -2.29. The molecule has 0 radical (unpaired) electrons. The van der Waals surface area contributed by atoms with Gasteiger partial charge in [-0.15, -0.1) is 0 Å². The Labute approximate surface area is 184 Å². The highest BCUT2D eigenvalue weighted by atomic mass is 31.2. The number of carbonyl (C=O) groups excluding carboxylic acids is 1. The van der Waals surface area contributed by atoms with Crippen LogP contribution in [0.15, 0.2) is 115 Å². The molecule has 0 saturated heterocycles. The van der Waals surface area contributed by atoms with E-state index in [2.05, 4.69) is 115 Å². The number of methoxy groups -OCH3 is 1. The lowest BCUT2D eigenvalue weighted by Crippen LogP contribution is -2.40. The molecule has 0 aromatic heterocycles. The summed E-state index contributed by atoms with van der Waals surface area (Å²) in [6.45, 7) is 0. The van der Waals surface area contributed by atoms with Crippen LogP contribution in [0, 0.1) is 0 Å². The van der Waals surface area contributed by atoms with E-state index in [0.717, 1.165) is 0 Å². The Morgan fingerprint density at radius 2 is 1.06 bits per heavy atom. The number of carbonyl (C=O) groups is 1. The average molecular weight is 425 g/mol. The molecule has 0 bridgehead atoms. The molecular weight excluding hydrogens is 399 g/mol. The summed E-state index contributed by atoms with van der Waals surface area (Å²) in [6.07, 6.45) is 1.02. The second-order valence-electron chi connectivity index (χ2n) is 7.38. The summed E-state index contributed by atoms with van der Waals surface area (Å²) < 4.78 is 4.92. The molecule has 0 amide bonds. The summed E-state index contributed by atoms with van der Waals surface area (Å²) in [7, 11) is -0.716. The minimum Gasteiger partial charge on any atom is -0.469 e. The largest absolute Gasteiger partial charge is 0.469 e. The SMILES string of the molecule is COC(=O)CCc1ccccc1[P+](c1ccccc1)(c1ccccc1)c1ccccc1. The average Bonchev–Trinajstić information content (AvgIpc) is 2.86. The molecule has 0 atom stereocenters. The molecule has 4 aromatic carbocycles. The van der Waals surface area contributed by atoms with E-state index < -0.39 is 7.26 Å². The molecular formula is C28H26O2P+. The molecule has 0 fully saturated rings. The van der Waals surface area contributed by atoms with Crippen molar-refractivity contribution in [2.75, 3.05) is 7.11 Å². The van der Waals surface area contributed by atoms with Gasteiger partial charge in [0.15, 0.2) is 0 Å². The van der Waals surface area contributed by atoms with Gasteiger partial charge in [-0.1, -0.05) is 72.8 Å². The first-order chi connectivity index (χ1) is 15.3. The number of aryl methyl sites for hydroxylation is 1. The van der Waals surface area contributed by atoms with E-state index >= 15 is 0 Å². The maximum Gasteiger partial charge on any atom is 0.305 e. The normalized spacial score (nSPS) is 11.1. The molecule has 3 heteroatoms. The molecule has 0 spiro atoms. The van der Waals surface area contributed by atoms with Crippen molar-refractivity contribution in [2.45, 2.75) is 12.8 Å². The van der Waals surface area contributed by atoms with Crippen LogP contribution >= 0.6 is 7.26 Å². The summed E-state index contributed by atoms with van der Waals surface area (Å²) >= 11 is 0. The molecule has 0 aliphatic rings. The summed E-state index contributed by atoms with van der Waals surface area (Å²) in [4.78, 5) is 11.9. The highest BCUT2D eigenvalue weighted by Gasteiger charge is 2.48. The van der Waals surface area contributed by atoms with Crippen LogP contribution in [0.3, 0.4) is 0 Å². The Bertz CT molecular complexity index is 1030. The third-order valence-electron chi connectivity index (χ3n) is 5.61. The predicted octanol–water partition coefficient (Wildman–Crippen LogP) is 4.41. The molecule has 154 valence electrons. The molecule has 0 N–H and O–H groups in total. The van der Waals surface area contributed by atoms with Crippen LogP contribution in [0.2, 0.25) is 0 Å². The van der Waals surface area contributed by atoms with Gasteiger partial charge >= 0.3 is 5.97 Å². The van der Waals surface area contributed by atoms with Crippen LogP contribution in [0.4, 0.5) is 0 Å². The molecule has 0 saturated carbocycles. The Hall–Kier alpha value is -3.22. The monoisotopic (exact) mass is 425 g/mol. The minimum atomic E-state index is -2.16. The molecule has 0 aliphatic carbocycles. The zero-order valence-electron chi connectivity index (χ0n) is 17.6. The smallest absolute Gasteiger partial charge is 0.305 e. The Balaban J connectivity index is 2.04. The third-order valence-corrected chi connectivity index (χ3v) is 9.99. The number of ether oxygens (including phenoxy) is 1. The zero-order valence-corrected chi connectivity index (χ0v) is 18.5. The quantitative estimate of drug-likeness (QED) is 0.324. The van der Waals surface area contributed by atoms with Crippen molar-refractivity contribution in [3.05, 3.63) is 121 Å². The molecule has 4 aromatic rings. The van der Waals surface area contributed by atoms with Gasteiger partial charge in [0.25, 0.3) is 0 Å². The Morgan fingerprint density at radius 1 is 0.645 bits per heavy atom. The van der Waals surface area contributed by atoms with E-state index in [1.54, 1.807) is 0 Å². The van der Waals surface area contributed by atoms with Crippen molar-refractivity contribution in [1.29, 1.82) is 0 Å². The van der Waals surface area contributed by atoms with Gasteiger partial charge in [-0.25, -0.2) is 0 Å². The Kier molecular flexibility index (Phi) is 6.60.